The standard InChI is InChI=1S/C17H18N2O2/c20-17(18-13-7-8-14-18)19(21,15-9-3-1-4-10-15)16-11-5-2-6-12-16/h1-6,9-12H,7-8,13-14H2. The summed E-state index contributed by atoms with van der Waals surface area (Å²) in [5.41, 5.74) is 0.890. The van der Waals surface area contributed by atoms with E-state index in [0.29, 0.717) is 24.5 Å². The first-order valence-corrected chi connectivity index (χ1v) is 7.23. The van der Waals surface area contributed by atoms with Gasteiger partial charge in [-0.1, -0.05) is 36.4 Å². The minimum absolute atomic E-state index is 0.398. The maximum absolute atomic E-state index is 13.5. The Bertz CT molecular complexity index is 568. The molecule has 1 aliphatic rings. The van der Waals surface area contributed by atoms with Crippen molar-refractivity contribution in [3.8, 4) is 0 Å². The number of quaternary nitrogens is 1. The zero-order valence-electron chi connectivity index (χ0n) is 11.8. The van der Waals surface area contributed by atoms with Crippen LogP contribution in [0, 0.1) is 5.21 Å². The maximum atomic E-state index is 13.5. The van der Waals surface area contributed by atoms with E-state index < -0.39 is 10.7 Å². The smallest absolute Gasteiger partial charge is 0.429 e. The Morgan fingerprint density at radius 3 is 1.71 bits per heavy atom. The first kappa shape index (κ1) is 13.8. The highest BCUT2D eigenvalue weighted by Gasteiger charge is 2.38. The summed E-state index contributed by atoms with van der Waals surface area (Å²) in [7, 11) is 0. The highest BCUT2D eigenvalue weighted by atomic mass is 16.6. The first-order chi connectivity index (χ1) is 10.2. The number of benzene rings is 2. The molecule has 0 aliphatic carbocycles. The SMILES string of the molecule is O=C(N1CCCC1)[N+]([O-])(c1ccccc1)c1ccccc1. The fourth-order valence-corrected chi connectivity index (χ4v) is 2.75. The lowest BCUT2D eigenvalue weighted by Crippen LogP contribution is -2.51. The number of likely N-dealkylation sites (tertiary alicyclic amines) is 1. The van der Waals surface area contributed by atoms with Crippen LogP contribution < -0.4 is 4.65 Å². The quantitative estimate of drug-likeness (QED) is 0.616. The number of hydroxylamine groups is 1. The molecular weight excluding hydrogens is 264 g/mol. The molecule has 0 bridgehead atoms. The summed E-state index contributed by atoms with van der Waals surface area (Å²) in [5.74, 6) is 0. The molecule has 108 valence electrons. The van der Waals surface area contributed by atoms with Crippen LogP contribution in [0.4, 0.5) is 16.2 Å². The van der Waals surface area contributed by atoms with Crippen LogP contribution in [0.3, 0.4) is 0 Å². The van der Waals surface area contributed by atoms with E-state index in [-0.39, 0.29) is 0 Å². The zero-order valence-corrected chi connectivity index (χ0v) is 11.8. The van der Waals surface area contributed by atoms with Crippen LogP contribution in [0.15, 0.2) is 60.7 Å². The number of urea groups is 1. The topological polar surface area (TPSA) is 43.4 Å². The van der Waals surface area contributed by atoms with Crippen LogP contribution >= 0.6 is 0 Å². The second-order valence-corrected chi connectivity index (χ2v) is 5.26. The van der Waals surface area contributed by atoms with Crippen LogP contribution in [0.2, 0.25) is 0 Å². The van der Waals surface area contributed by atoms with Gasteiger partial charge < -0.3 is 5.21 Å². The zero-order chi connectivity index (χ0) is 14.7. The molecule has 1 saturated heterocycles. The number of hydrogen-bond acceptors (Lipinski definition) is 2. The maximum Gasteiger partial charge on any atom is 0.429 e. The molecule has 0 aromatic heterocycles. The molecular formula is C17H18N2O2. The molecule has 1 heterocycles. The Balaban J connectivity index is 2.08. The van der Waals surface area contributed by atoms with Crippen molar-refractivity contribution in [1.82, 2.24) is 9.55 Å². The van der Waals surface area contributed by atoms with Gasteiger partial charge in [0.1, 0.15) is 11.4 Å². The normalized spacial score (nSPS) is 15.2. The van der Waals surface area contributed by atoms with Crippen LogP contribution in [-0.2, 0) is 0 Å². The van der Waals surface area contributed by atoms with Gasteiger partial charge in [-0.3, -0.25) is 4.90 Å². The van der Waals surface area contributed by atoms with Gasteiger partial charge in [0.2, 0.25) is 0 Å². The predicted octanol–water partition coefficient (Wildman–Crippen LogP) is 4.04. The van der Waals surface area contributed by atoms with E-state index in [9.17, 15) is 10.0 Å². The number of para-hydroxylation sites is 2. The number of nitrogens with zero attached hydrogens (tertiary/aromatic N) is 2. The van der Waals surface area contributed by atoms with Crippen LogP contribution in [0.25, 0.3) is 0 Å². The lowest BCUT2D eigenvalue weighted by atomic mass is 10.2. The van der Waals surface area contributed by atoms with Gasteiger partial charge in [0.05, 0.1) is 0 Å². The largest absolute Gasteiger partial charge is 0.613 e. The van der Waals surface area contributed by atoms with E-state index in [0.717, 1.165) is 12.8 Å². The third kappa shape index (κ3) is 2.44. The molecule has 2 amide bonds. The van der Waals surface area contributed by atoms with E-state index >= 15 is 0 Å². The molecule has 3 rings (SSSR count). The Hall–Kier alpha value is -2.17. The Labute approximate surface area is 124 Å². The number of hydrogen-bond donors (Lipinski definition) is 0. The van der Waals surface area contributed by atoms with E-state index in [4.69, 9.17) is 0 Å². The van der Waals surface area contributed by atoms with E-state index in [1.165, 1.54) is 0 Å². The van der Waals surface area contributed by atoms with Crippen molar-refractivity contribution >= 4 is 17.4 Å². The highest BCUT2D eigenvalue weighted by molar-refractivity contribution is 5.94. The molecule has 2 aromatic carbocycles. The summed E-state index contributed by atoms with van der Waals surface area (Å²) in [6.45, 7) is 1.33. The molecule has 0 spiro atoms. The lowest BCUT2D eigenvalue weighted by Gasteiger charge is -2.40. The highest BCUT2D eigenvalue weighted by Crippen LogP contribution is 2.35. The Kier molecular flexibility index (Phi) is 3.73. The third-order valence-electron chi connectivity index (χ3n) is 3.89. The van der Waals surface area contributed by atoms with Gasteiger partial charge in [0, 0.05) is 37.4 Å². The minimum atomic E-state index is -1.05. The fraction of sp³-hybridized carbons (Fsp3) is 0.235. The third-order valence-corrected chi connectivity index (χ3v) is 3.89. The molecule has 4 heteroatoms. The molecule has 4 nitrogen and oxygen atoms in total. The van der Waals surface area contributed by atoms with Crippen molar-refractivity contribution in [2.75, 3.05) is 13.1 Å². The van der Waals surface area contributed by atoms with Crippen molar-refractivity contribution < 1.29 is 4.79 Å². The molecule has 1 fully saturated rings. The number of amides is 2. The van der Waals surface area contributed by atoms with Crippen LogP contribution in [0.5, 0.6) is 0 Å². The number of carbonyl (C=O) groups excluding carboxylic acids is 1. The van der Waals surface area contributed by atoms with Gasteiger partial charge >= 0.3 is 6.03 Å². The monoisotopic (exact) mass is 282 g/mol. The van der Waals surface area contributed by atoms with E-state index in [1.807, 2.05) is 12.1 Å². The van der Waals surface area contributed by atoms with Crippen molar-refractivity contribution in [2.45, 2.75) is 12.8 Å². The second kappa shape index (κ2) is 5.68. The Morgan fingerprint density at radius 2 is 1.29 bits per heavy atom. The molecule has 0 atom stereocenters. The van der Waals surface area contributed by atoms with Crippen molar-refractivity contribution in [3.05, 3.63) is 65.9 Å². The molecule has 21 heavy (non-hydrogen) atoms. The van der Waals surface area contributed by atoms with E-state index in [1.54, 1.807) is 53.4 Å². The molecule has 2 aromatic rings. The van der Waals surface area contributed by atoms with Gasteiger partial charge in [-0.25, -0.2) is 9.44 Å². The summed E-state index contributed by atoms with van der Waals surface area (Å²) in [6, 6.07) is 17.3. The minimum Gasteiger partial charge on any atom is -0.613 e. The van der Waals surface area contributed by atoms with E-state index in [2.05, 4.69) is 0 Å². The summed E-state index contributed by atoms with van der Waals surface area (Å²) in [5, 5.41) is 13.5. The summed E-state index contributed by atoms with van der Waals surface area (Å²) < 4.78 is -1.05. The first-order valence-electron chi connectivity index (χ1n) is 7.23. The van der Waals surface area contributed by atoms with Gasteiger partial charge in [0.15, 0.2) is 0 Å². The molecule has 1 aliphatic heterocycles. The second-order valence-electron chi connectivity index (χ2n) is 5.26. The number of rotatable bonds is 2. The molecule has 0 N–H and O–H groups in total. The van der Waals surface area contributed by atoms with Gasteiger partial charge in [0.25, 0.3) is 0 Å². The van der Waals surface area contributed by atoms with Crippen molar-refractivity contribution in [1.29, 1.82) is 0 Å². The Morgan fingerprint density at radius 1 is 0.857 bits per heavy atom. The predicted molar refractivity (Wildman–Crippen MR) is 83.9 cm³/mol. The summed E-state index contributed by atoms with van der Waals surface area (Å²) in [4.78, 5) is 14.5. The van der Waals surface area contributed by atoms with Gasteiger partial charge in [-0.2, -0.15) is 0 Å². The van der Waals surface area contributed by atoms with Crippen LogP contribution in [0.1, 0.15) is 12.8 Å². The van der Waals surface area contributed by atoms with Crippen molar-refractivity contribution in [2.24, 2.45) is 0 Å². The molecule has 0 unspecified atom stereocenters. The average molecular weight is 282 g/mol. The van der Waals surface area contributed by atoms with Crippen LogP contribution in [-0.4, -0.2) is 24.0 Å². The summed E-state index contributed by atoms with van der Waals surface area (Å²) in [6.07, 6.45) is 1.94. The van der Waals surface area contributed by atoms with Crippen molar-refractivity contribution in [3.63, 3.8) is 0 Å². The summed E-state index contributed by atoms with van der Waals surface area (Å²) >= 11 is 0. The van der Waals surface area contributed by atoms with Gasteiger partial charge in [-0.15, -0.1) is 0 Å². The lowest BCUT2D eigenvalue weighted by molar-refractivity contribution is 0.193. The fourth-order valence-electron chi connectivity index (χ4n) is 2.75. The number of carbonyl (C=O) groups is 1. The average Bonchev–Trinajstić information content (AvgIpc) is 3.09. The molecule has 0 radical (unpaired) electrons. The molecule has 0 saturated carbocycles. The van der Waals surface area contributed by atoms with Gasteiger partial charge in [-0.05, 0) is 12.8 Å².